The van der Waals surface area contributed by atoms with Crippen LogP contribution in [0.2, 0.25) is 0 Å². The van der Waals surface area contributed by atoms with Gasteiger partial charge in [0.1, 0.15) is 0 Å². The van der Waals surface area contributed by atoms with Crippen LogP contribution in [0.3, 0.4) is 0 Å². The maximum atomic E-state index is 13.2. The zero-order chi connectivity index (χ0) is 21.3. The van der Waals surface area contributed by atoms with Gasteiger partial charge in [-0.25, -0.2) is 4.98 Å². The molecule has 0 aliphatic carbocycles. The number of benzene rings is 2. The van der Waals surface area contributed by atoms with Gasteiger partial charge in [0, 0.05) is 24.7 Å². The molecule has 0 saturated carbocycles. The summed E-state index contributed by atoms with van der Waals surface area (Å²) in [5.41, 5.74) is 0.730. The Morgan fingerprint density at radius 1 is 1.10 bits per heavy atom. The third-order valence-electron chi connectivity index (χ3n) is 5.26. The number of amides is 2. The number of rotatable bonds is 3. The second-order valence-electron chi connectivity index (χ2n) is 7.22. The minimum absolute atomic E-state index is 0.156. The molecule has 1 aliphatic rings. The summed E-state index contributed by atoms with van der Waals surface area (Å²) in [5.74, 6) is -0.879. The Labute approximate surface area is 170 Å². The summed E-state index contributed by atoms with van der Waals surface area (Å²) in [7, 11) is 0. The van der Waals surface area contributed by atoms with E-state index >= 15 is 0 Å². The SMILES string of the molecule is O=C(NC1CCN(C(=O)c2ccccc2C(F)(F)F)CC1)c1ccc2nc[nH]c2c1. The lowest BCUT2D eigenvalue weighted by molar-refractivity contribution is -0.138. The molecule has 0 spiro atoms. The number of hydrogen-bond donors (Lipinski definition) is 2. The fraction of sp³-hybridized carbons (Fsp3) is 0.286. The van der Waals surface area contributed by atoms with Crippen LogP contribution in [0, 0.1) is 0 Å². The van der Waals surface area contributed by atoms with Crippen molar-refractivity contribution in [2.24, 2.45) is 0 Å². The van der Waals surface area contributed by atoms with E-state index in [1.165, 1.54) is 23.1 Å². The fourth-order valence-corrected chi connectivity index (χ4v) is 3.66. The Morgan fingerprint density at radius 2 is 1.83 bits per heavy atom. The van der Waals surface area contributed by atoms with Crippen LogP contribution >= 0.6 is 0 Å². The number of carbonyl (C=O) groups is 2. The van der Waals surface area contributed by atoms with Crippen molar-refractivity contribution in [2.45, 2.75) is 25.1 Å². The second kappa shape index (κ2) is 7.81. The minimum atomic E-state index is -4.59. The summed E-state index contributed by atoms with van der Waals surface area (Å²) < 4.78 is 39.6. The van der Waals surface area contributed by atoms with Crippen LogP contribution in [0.15, 0.2) is 48.8 Å². The van der Waals surface area contributed by atoms with Gasteiger partial charge in [0.05, 0.1) is 28.5 Å². The van der Waals surface area contributed by atoms with E-state index in [0.717, 1.165) is 17.1 Å². The van der Waals surface area contributed by atoms with Crippen molar-refractivity contribution in [3.05, 3.63) is 65.5 Å². The highest BCUT2D eigenvalue weighted by molar-refractivity contribution is 5.98. The van der Waals surface area contributed by atoms with Gasteiger partial charge in [-0.15, -0.1) is 0 Å². The van der Waals surface area contributed by atoms with Gasteiger partial charge in [0.15, 0.2) is 0 Å². The van der Waals surface area contributed by atoms with Gasteiger partial charge in [-0.1, -0.05) is 12.1 Å². The summed E-state index contributed by atoms with van der Waals surface area (Å²) in [6.07, 6.45) is -2.10. The summed E-state index contributed by atoms with van der Waals surface area (Å²) in [6, 6.07) is 9.79. The number of alkyl halides is 3. The molecule has 1 aliphatic heterocycles. The lowest BCUT2D eigenvalue weighted by Crippen LogP contribution is -2.46. The highest BCUT2D eigenvalue weighted by atomic mass is 19.4. The molecule has 9 heteroatoms. The van der Waals surface area contributed by atoms with Gasteiger partial charge >= 0.3 is 6.18 Å². The molecular formula is C21H19F3N4O2. The molecule has 1 saturated heterocycles. The first-order valence-corrected chi connectivity index (χ1v) is 9.52. The van der Waals surface area contributed by atoms with E-state index in [0.29, 0.717) is 18.4 Å². The van der Waals surface area contributed by atoms with Crippen molar-refractivity contribution in [2.75, 3.05) is 13.1 Å². The molecular weight excluding hydrogens is 397 g/mol. The number of carbonyl (C=O) groups excluding carboxylic acids is 2. The van der Waals surface area contributed by atoms with Gasteiger partial charge in [-0.2, -0.15) is 13.2 Å². The standard InChI is InChI=1S/C21H19F3N4O2/c22-21(23,24)16-4-2-1-3-15(16)20(30)28-9-7-14(8-10-28)27-19(29)13-5-6-17-18(11-13)26-12-25-17/h1-6,11-12,14H,7-10H2,(H,25,26)(H,27,29). The number of aromatic amines is 1. The third kappa shape index (κ3) is 4.00. The van der Waals surface area contributed by atoms with Crippen molar-refractivity contribution in [1.82, 2.24) is 20.2 Å². The predicted molar refractivity (Wildman–Crippen MR) is 104 cm³/mol. The predicted octanol–water partition coefficient (Wildman–Crippen LogP) is 3.62. The number of halogens is 3. The topological polar surface area (TPSA) is 78.1 Å². The van der Waals surface area contributed by atoms with Crippen molar-refractivity contribution >= 4 is 22.8 Å². The summed E-state index contributed by atoms with van der Waals surface area (Å²) in [5, 5.41) is 2.94. The van der Waals surface area contributed by atoms with Crippen LogP contribution in [0.5, 0.6) is 0 Å². The molecule has 0 bridgehead atoms. The largest absolute Gasteiger partial charge is 0.417 e. The number of nitrogens with one attached hydrogen (secondary N) is 2. The Hall–Kier alpha value is -3.36. The van der Waals surface area contributed by atoms with Crippen LogP contribution < -0.4 is 5.32 Å². The lowest BCUT2D eigenvalue weighted by Gasteiger charge is -2.33. The Bertz CT molecular complexity index is 1090. The fourth-order valence-electron chi connectivity index (χ4n) is 3.66. The number of aromatic nitrogens is 2. The van der Waals surface area contributed by atoms with Gasteiger partial charge in [-0.3, -0.25) is 9.59 Å². The van der Waals surface area contributed by atoms with Gasteiger partial charge in [0.25, 0.3) is 11.8 Å². The molecule has 0 radical (unpaired) electrons. The summed E-state index contributed by atoms with van der Waals surface area (Å²) in [4.78, 5) is 33.6. The van der Waals surface area contributed by atoms with Crippen LogP contribution in [0.4, 0.5) is 13.2 Å². The lowest BCUT2D eigenvalue weighted by atomic mass is 10.0. The normalized spacial score (nSPS) is 15.4. The Balaban J connectivity index is 1.38. The van der Waals surface area contributed by atoms with E-state index in [4.69, 9.17) is 0 Å². The average Bonchev–Trinajstić information content (AvgIpc) is 3.21. The molecule has 1 aromatic heterocycles. The number of nitrogens with zero attached hydrogens (tertiary/aromatic N) is 2. The maximum absolute atomic E-state index is 13.2. The number of H-pyrrole nitrogens is 1. The maximum Gasteiger partial charge on any atom is 0.417 e. The van der Waals surface area contributed by atoms with E-state index < -0.39 is 17.6 Å². The van der Waals surface area contributed by atoms with Crippen molar-refractivity contribution in [3.8, 4) is 0 Å². The van der Waals surface area contributed by atoms with Gasteiger partial charge in [-0.05, 0) is 43.2 Å². The van der Waals surface area contributed by atoms with Crippen LogP contribution in [0.1, 0.15) is 39.1 Å². The molecule has 2 amide bonds. The highest BCUT2D eigenvalue weighted by Crippen LogP contribution is 2.32. The summed E-state index contributed by atoms with van der Waals surface area (Å²) in [6.45, 7) is 0.547. The molecule has 3 aromatic rings. The molecule has 0 unspecified atom stereocenters. The van der Waals surface area contributed by atoms with E-state index in [-0.39, 0.29) is 30.6 Å². The van der Waals surface area contributed by atoms with E-state index in [1.807, 2.05) is 0 Å². The molecule has 6 nitrogen and oxygen atoms in total. The molecule has 156 valence electrons. The number of piperidine rings is 1. The molecule has 4 rings (SSSR count). The van der Waals surface area contributed by atoms with E-state index in [9.17, 15) is 22.8 Å². The monoisotopic (exact) mass is 416 g/mol. The Kier molecular flexibility index (Phi) is 5.19. The number of imidazole rings is 1. The molecule has 2 heterocycles. The smallest absolute Gasteiger partial charge is 0.349 e. The molecule has 0 atom stereocenters. The highest BCUT2D eigenvalue weighted by Gasteiger charge is 2.36. The molecule has 30 heavy (non-hydrogen) atoms. The first-order valence-electron chi connectivity index (χ1n) is 9.52. The number of hydrogen-bond acceptors (Lipinski definition) is 3. The molecule has 2 aromatic carbocycles. The van der Waals surface area contributed by atoms with Crippen molar-refractivity contribution in [3.63, 3.8) is 0 Å². The summed E-state index contributed by atoms with van der Waals surface area (Å²) >= 11 is 0. The Morgan fingerprint density at radius 3 is 2.57 bits per heavy atom. The quantitative estimate of drug-likeness (QED) is 0.685. The van der Waals surface area contributed by atoms with Crippen LogP contribution in [-0.4, -0.2) is 45.8 Å². The zero-order valence-corrected chi connectivity index (χ0v) is 15.9. The molecule has 2 N–H and O–H groups in total. The van der Waals surface area contributed by atoms with Crippen LogP contribution in [-0.2, 0) is 6.18 Å². The van der Waals surface area contributed by atoms with Gasteiger partial charge in [0.2, 0.25) is 0 Å². The zero-order valence-electron chi connectivity index (χ0n) is 15.9. The third-order valence-corrected chi connectivity index (χ3v) is 5.26. The van der Waals surface area contributed by atoms with Crippen molar-refractivity contribution < 1.29 is 22.8 Å². The number of likely N-dealkylation sites (tertiary alicyclic amines) is 1. The average molecular weight is 416 g/mol. The van der Waals surface area contributed by atoms with Crippen LogP contribution in [0.25, 0.3) is 11.0 Å². The van der Waals surface area contributed by atoms with E-state index in [2.05, 4.69) is 15.3 Å². The van der Waals surface area contributed by atoms with E-state index in [1.54, 1.807) is 24.5 Å². The first-order chi connectivity index (χ1) is 14.3. The first kappa shape index (κ1) is 19.9. The molecule has 1 fully saturated rings. The van der Waals surface area contributed by atoms with Gasteiger partial charge < -0.3 is 15.2 Å². The second-order valence-corrected chi connectivity index (χ2v) is 7.22. The van der Waals surface area contributed by atoms with Crippen molar-refractivity contribution in [1.29, 1.82) is 0 Å². The minimum Gasteiger partial charge on any atom is -0.349 e. The number of fused-ring (bicyclic) bond motifs is 1.